The van der Waals surface area contributed by atoms with Crippen molar-refractivity contribution in [3.05, 3.63) is 34.7 Å². The molecular formula is C11H8N2OS. The van der Waals surface area contributed by atoms with E-state index in [2.05, 4.69) is 9.97 Å². The molecule has 0 aliphatic rings. The third kappa shape index (κ3) is 1.43. The van der Waals surface area contributed by atoms with E-state index in [0.29, 0.717) is 5.89 Å². The Kier molecular flexibility index (Phi) is 1.82. The summed E-state index contributed by atoms with van der Waals surface area (Å²) < 4.78 is 5.60. The van der Waals surface area contributed by atoms with Crippen LogP contribution in [0, 0.1) is 6.92 Å². The van der Waals surface area contributed by atoms with E-state index in [-0.39, 0.29) is 0 Å². The lowest BCUT2D eigenvalue weighted by molar-refractivity contribution is 0.617. The monoisotopic (exact) mass is 216 g/mol. The number of aryl methyl sites for hydroxylation is 1. The number of oxazole rings is 1. The minimum atomic E-state index is 0.598. The number of thiazole rings is 1. The Labute approximate surface area is 90.4 Å². The van der Waals surface area contributed by atoms with Gasteiger partial charge in [-0.25, -0.2) is 9.97 Å². The number of nitrogens with zero attached hydrogens (tertiary/aromatic N) is 2. The molecule has 0 saturated carbocycles. The Morgan fingerprint density at radius 3 is 2.80 bits per heavy atom. The zero-order valence-corrected chi connectivity index (χ0v) is 8.91. The lowest BCUT2D eigenvalue weighted by Crippen LogP contribution is -1.76. The Hall–Kier alpha value is -1.68. The van der Waals surface area contributed by atoms with Crippen LogP contribution in [0.15, 0.2) is 34.1 Å². The summed E-state index contributed by atoms with van der Waals surface area (Å²) in [6.07, 6.45) is 0. The molecule has 0 aliphatic carbocycles. The van der Waals surface area contributed by atoms with Crippen LogP contribution < -0.4 is 0 Å². The third-order valence-electron chi connectivity index (χ3n) is 2.13. The molecule has 74 valence electrons. The van der Waals surface area contributed by atoms with E-state index >= 15 is 0 Å². The second kappa shape index (κ2) is 3.17. The van der Waals surface area contributed by atoms with Gasteiger partial charge in [-0.15, -0.1) is 11.3 Å². The molecule has 0 aliphatic heterocycles. The molecule has 0 N–H and O–H groups in total. The Morgan fingerprint density at radius 2 is 2.07 bits per heavy atom. The highest BCUT2D eigenvalue weighted by Crippen LogP contribution is 2.24. The van der Waals surface area contributed by atoms with Crippen molar-refractivity contribution in [3.8, 4) is 11.6 Å². The summed E-state index contributed by atoms with van der Waals surface area (Å²) in [6, 6.07) is 7.72. The highest BCUT2D eigenvalue weighted by molar-refractivity contribution is 7.09. The highest BCUT2D eigenvalue weighted by Gasteiger charge is 2.09. The van der Waals surface area contributed by atoms with Crippen molar-refractivity contribution in [2.75, 3.05) is 0 Å². The van der Waals surface area contributed by atoms with Crippen molar-refractivity contribution in [1.82, 2.24) is 9.97 Å². The maximum absolute atomic E-state index is 5.60. The first kappa shape index (κ1) is 8.61. The number of rotatable bonds is 1. The molecule has 3 nitrogen and oxygen atoms in total. The molecule has 0 radical (unpaired) electrons. The Morgan fingerprint density at radius 1 is 1.20 bits per heavy atom. The van der Waals surface area contributed by atoms with Crippen molar-refractivity contribution >= 4 is 22.4 Å². The van der Waals surface area contributed by atoms with E-state index in [1.165, 1.54) is 0 Å². The largest absolute Gasteiger partial charge is 0.435 e. The Balaban J connectivity index is 2.19. The van der Waals surface area contributed by atoms with Crippen LogP contribution in [-0.4, -0.2) is 9.97 Å². The standard InChI is InChI=1S/C11H8N2OS/c1-7-12-9(6-15-7)11-13-8-4-2-3-5-10(8)14-11/h2-6H,1H3. The van der Waals surface area contributed by atoms with Gasteiger partial charge in [0.2, 0.25) is 5.89 Å². The smallest absolute Gasteiger partial charge is 0.247 e. The molecule has 0 amide bonds. The molecule has 1 aromatic carbocycles. The lowest BCUT2D eigenvalue weighted by atomic mass is 10.3. The molecule has 0 bridgehead atoms. The molecule has 0 unspecified atom stereocenters. The number of hydrogen-bond donors (Lipinski definition) is 0. The highest BCUT2D eigenvalue weighted by atomic mass is 32.1. The van der Waals surface area contributed by atoms with Crippen molar-refractivity contribution in [1.29, 1.82) is 0 Å². The van der Waals surface area contributed by atoms with Crippen LogP contribution in [0.25, 0.3) is 22.7 Å². The van der Waals surface area contributed by atoms with Gasteiger partial charge in [0, 0.05) is 5.38 Å². The van der Waals surface area contributed by atoms with Crippen LogP contribution in [0.5, 0.6) is 0 Å². The number of fused-ring (bicyclic) bond motifs is 1. The first-order valence-electron chi connectivity index (χ1n) is 4.61. The zero-order valence-electron chi connectivity index (χ0n) is 8.10. The van der Waals surface area contributed by atoms with Gasteiger partial charge in [-0.1, -0.05) is 12.1 Å². The van der Waals surface area contributed by atoms with Gasteiger partial charge in [-0.2, -0.15) is 0 Å². The fourth-order valence-electron chi connectivity index (χ4n) is 1.44. The van der Waals surface area contributed by atoms with Gasteiger partial charge in [0.1, 0.15) is 11.2 Å². The minimum Gasteiger partial charge on any atom is -0.435 e. The normalized spacial score (nSPS) is 11.0. The average Bonchev–Trinajstić information content (AvgIpc) is 2.82. The van der Waals surface area contributed by atoms with Crippen molar-refractivity contribution in [2.24, 2.45) is 0 Å². The molecule has 0 spiro atoms. The summed E-state index contributed by atoms with van der Waals surface area (Å²) in [5.41, 5.74) is 2.49. The molecule has 3 aromatic rings. The average molecular weight is 216 g/mol. The molecule has 4 heteroatoms. The van der Waals surface area contributed by atoms with Crippen LogP contribution in [-0.2, 0) is 0 Å². The molecule has 3 rings (SSSR count). The minimum absolute atomic E-state index is 0.598. The van der Waals surface area contributed by atoms with Gasteiger partial charge in [0.25, 0.3) is 0 Å². The van der Waals surface area contributed by atoms with E-state index in [1.807, 2.05) is 36.6 Å². The molecule has 0 saturated heterocycles. The number of hydrogen-bond acceptors (Lipinski definition) is 4. The van der Waals surface area contributed by atoms with Crippen LogP contribution in [0.3, 0.4) is 0 Å². The third-order valence-corrected chi connectivity index (χ3v) is 2.91. The van der Waals surface area contributed by atoms with E-state index in [1.54, 1.807) is 11.3 Å². The van der Waals surface area contributed by atoms with Crippen LogP contribution in [0.4, 0.5) is 0 Å². The van der Waals surface area contributed by atoms with Gasteiger partial charge in [0.15, 0.2) is 5.58 Å². The maximum Gasteiger partial charge on any atom is 0.247 e. The number of para-hydroxylation sites is 2. The summed E-state index contributed by atoms with van der Waals surface area (Å²) in [4.78, 5) is 8.71. The van der Waals surface area contributed by atoms with Crippen molar-refractivity contribution < 1.29 is 4.42 Å². The number of benzene rings is 1. The van der Waals surface area contributed by atoms with Gasteiger partial charge < -0.3 is 4.42 Å². The molecule has 2 aromatic heterocycles. The van der Waals surface area contributed by atoms with E-state index in [4.69, 9.17) is 4.42 Å². The quantitative estimate of drug-likeness (QED) is 0.626. The second-order valence-corrected chi connectivity index (χ2v) is 4.30. The summed E-state index contributed by atoms with van der Waals surface area (Å²) in [7, 11) is 0. The predicted octanol–water partition coefficient (Wildman–Crippen LogP) is 3.26. The van der Waals surface area contributed by atoms with E-state index < -0.39 is 0 Å². The fraction of sp³-hybridized carbons (Fsp3) is 0.0909. The molecule has 0 fully saturated rings. The molecule has 2 heterocycles. The Bertz CT molecular complexity index is 579. The van der Waals surface area contributed by atoms with Crippen LogP contribution in [0.2, 0.25) is 0 Å². The van der Waals surface area contributed by atoms with Gasteiger partial charge in [-0.05, 0) is 19.1 Å². The second-order valence-electron chi connectivity index (χ2n) is 3.24. The molecule has 0 atom stereocenters. The first-order chi connectivity index (χ1) is 7.33. The van der Waals surface area contributed by atoms with Gasteiger partial charge in [-0.3, -0.25) is 0 Å². The summed E-state index contributed by atoms with van der Waals surface area (Å²) in [6.45, 7) is 1.97. The van der Waals surface area contributed by atoms with Gasteiger partial charge in [0.05, 0.1) is 5.01 Å². The summed E-state index contributed by atoms with van der Waals surface area (Å²) in [5.74, 6) is 0.598. The fourth-order valence-corrected chi connectivity index (χ4v) is 2.03. The van der Waals surface area contributed by atoms with Gasteiger partial charge >= 0.3 is 0 Å². The van der Waals surface area contributed by atoms with E-state index in [9.17, 15) is 0 Å². The van der Waals surface area contributed by atoms with Crippen molar-refractivity contribution in [2.45, 2.75) is 6.92 Å². The topological polar surface area (TPSA) is 38.9 Å². The SMILES string of the molecule is Cc1nc(-c2nc3ccccc3o2)cs1. The predicted molar refractivity (Wildman–Crippen MR) is 59.9 cm³/mol. The first-order valence-corrected chi connectivity index (χ1v) is 5.49. The summed E-state index contributed by atoms with van der Waals surface area (Å²) in [5, 5.41) is 2.98. The zero-order chi connectivity index (χ0) is 10.3. The molecule has 15 heavy (non-hydrogen) atoms. The maximum atomic E-state index is 5.60. The lowest BCUT2D eigenvalue weighted by Gasteiger charge is -1.84. The summed E-state index contributed by atoms with van der Waals surface area (Å²) >= 11 is 1.60. The number of aromatic nitrogens is 2. The van der Waals surface area contributed by atoms with Crippen LogP contribution in [0.1, 0.15) is 5.01 Å². The van der Waals surface area contributed by atoms with Crippen LogP contribution >= 0.6 is 11.3 Å². The van der Waals surface area contributed by atoms with Crippen molar-refractivity contribution in [3.63, 3.8) is 0 Å². The molecular weight excluding hydrogens is 208 g/mol. The van der Waals surface area contributed by atoms with E-state index in [0.717, 1.165) is 21.8 Å².